The van der Waals surface area contributed by atoms with Crippen LogP contribution in [0.15, 0.2) is 18.2 Å². The predicted molar refractivity (Wildman–Crippen MR) is 87.6 cm³/mol. The van der Waals surface area contributed by atoms with Gasteiger partial charge in [0.15, 0.2) is 0 Å². The second-order valence-electron chi connectivity index (χ2n) is 5.32. The number of hydrogen-bond donors (Lipinski definition) is 1. The summed E-state index contributed by atoms with van der Waals surface area (Å²) in [7, 11) is 2.14. The number of nitrogens with zero attached hydrogens (tertiary/aromatic N) is 1. The number of benzene rings is 1. The van der Waals surface area contributed by atoms with Crippen LogP contribution >= 0.6 is 23.4 Å². The number of anilines is 1. The van der Waals surface area contributed by atoms with E-state index in [0.29, 0.717) is 6.04 Å². The number of halogens is 1. The van der Waals surface area contributed by atoms with Crippen LogP contribution in [0, 0.1) is 0 Å². The largest absolute Gasteiger partial charge is 0.370 e. The summed E-state index contributed by atoms with van der Waals surface area (Å²) in [4.78, 5) is 2.31. The molecule has 4 heteroatoms. The highest BCUT2D eigenvalue weighted by Crippen LogP contribution is 2.31. The summed E-state index contributed by atoms with van der Waals surface area (Å²) < 4.78 is 0. The van der Waals surface area contributed by atoms with Crippen molar-refractivity contribution in [2.24, 2.45) is 0 Å². The fraction of sp³-hybridized carbons (Fsp3) is 0.600. The van der Waals surface area contributed by atoms with Crippen LogP contribution in [0.1, 0.15) is 25.3 Å². The zero-order valence-electron chi connectivity index (χ0n) is 11.9. The van der Waals surface area contributed by atoms with Crippen LogP contribution in [0.5, 0.6) is 0 Å². The third-order valence-electron chi connectivity index (χ3n) is 3.65. The SMILES string of the molecule is CSCC(C)N(C)c1c(Cl)cccc1CNC1CC1. The predicted octanol–water partition coefficient (Wildman–Crippen LogP) is 3.78. The summed E-state index contributed by atoms with van der Waals surface area (Å²) in [5.74, 6) is 1.11. The zero-order valence-corrected chi connectivity index (χ0v) is 13.5. The molecule has 0 aromatic heterocycles. The number of para-hydroxylation sites is 1. The van der Waals surface area contributed by atoms with Crippen LogP contribution in [-0.2, 0) is 6.54 Å². The topological polar surface area (TPSA) is 15.3 Å². The maximum Gasteiger partial charge on any atom is 0.0642 e. The Balaban J connectivity index is 2.15. The van der Waals surface area contributed by atoms with E-state index in [2.05, 4.69) is 36.5 Å². The molecule has 0 bridgehead atoms. The average molecular weight is 299 g/mol. The maximum absolute atomic E-state index is 6.42. The normalized spacial score (nSPS) is 16.4. The molecule has 0 radical (unpaired) electrons. The molecule has 2 nitrogen and oxygen atoms in total. The fourth-order valence-electron chi connectivity index (χ4n) is 2.21. The van der Waals surface area contributed by atoms with E-state index >= 15 is 0 Å². The molecule has 0 spiro atoms. The summed E-state index contributed by atoms with van der Waals surface area (Å²) in [5, 5.41) is 4.43. The Morgan fingerprint density at radius 1 is 1.47 bits per heavy atom. The van der Waals surface area contributed by atoms with Crippen LogP contribution in [0.25, 0.3) is 0 Å². The van der Waals surface area contributed by atoms with Gasteiger partial charge in [-0.15, -0.1) is 0 Å². The van der Waals surface area contributed by atoms with Gasteiger partial charge < -0.3 is 10.2 Å². The van der Waals surface area contributed by atoms with Gasteiger partial charge in [0.1, 0.15) is 0 Å². The molecule has 106 valence electrons. The fourth-order valence-corrected chi connectivity index (χ4v) is 3.25. The number of thioether (sulfide) groups is 1. The highest BCUT2D eigenvalue weighted by Gasteiger charge is 2.22. The molecule has 1 fully saturated rings. The minimum atomic E-state index is 0.481. The van der Waals surface area contributed by atoms with Crippen molar-refractivity contribution in [3.8, 4) is 0 Å². The van der Waals surface area contributed by atoms with Gasteiger partial charge in [-0.1, -0.05) is 23.7 Å². The molecule has 2 rings (SSSR count). The van der Waals surface area contributed by atoms with E-state index in [1.165, 1.54) is 24.1 Å². The van der Waals surface area contributed by atoms with Gasteiger partial charge in [-0.2, -0.15) is 11.8 Å². The summed E-state index contributed by atoms with van der Waals surface area (Å²) in [5.41, 5.74) is 2.48. The van der Waals surface area contributed by atoms with Crippen molar-refractivity contribution >= 4 is 29.1 Å². The quantitative estimate of drug-likeness (QED) is 0.825. The molecule has 1 N–H and O–H groups in total. The first-order chi connectivity index (χ1) is 9.13. The van der Waals surface area contributed by atoms with Crippen LogP contribution in [0.3, 0.4) is 0 Å². The molecule has 19 heavy (non-hydrogen) atoms. The molecular formula is C15H23ClN2S. The summed E-state index contributed by atoms with van der Waals surface area (Å²) in [6.45, 7) is 3.16. The lowest BCUT2D eigenvalue weighted by molar-refractivity contribution is 0.680. The summed E-state index contributed by atoms with van der Waals surface area (Å²) >= 11 is 8.30. The van der Waals surface area contributed by atoms with Crippen molar-refractivity contribution in [3.63, 3.8) is 0 Å². The van der Waals surface area contributed by atoms with Crippen LogP contribution in [0.4, 0.5) is 5.69 Å². The Labute approximate surface area is 125 Å². The van der Waals surface area contributed by atoms with Crippen molar-refractivity contribution in [2.45, 2.75) is 38.4 Å². The third-order valence-corrected chi connectivity index (χ3v) is 4.77. The summed E-state index contributed by atoms with van der Waals surface area (Å²) in [6, 6.07) is 7.41. The Morgan fingerprint density at radius 2 is 2.21 bits per heavy atom. The van der Waals surface area contributed by atoms with E-state index in [9.17, 15) is 0 Å². The standard InChI is InChI=1S/C15H23ClN2S/c1-11(10-19-3)18(2)15-12(5-4-6-14(15)16)9-17-13-7-8-13/h4-6,11,13,17H,7-10H2,1-3H3. The van der Waals surface area contributed by atoms with Crippen molar-refractivity contribution < 1.29 is 0 Å². The second-order valence-corrected chi connectivity index (χ2v) is 6.64. The van der Waals surface area contributed by atoms with E-state index in [-0.39, 0.29) is 0 Å². The molecule has 0 aliphatic heterocycles. The van der Waals surface area contributed by atoms with Crippen LogP contribution in [0.2, 0.25) is 5.02 Å². The van der Waals surface area contributed by atoms with Gasteiger partial charge in [0.25, 0.3) is 0 Å². The van der Waals surface area contributed by atoms with E-state index in [1.54, 1.807) is 0 Å². The monoisotopic (exact) mass is 298 g/mol. The van der Waals surface area contributed by atoms with Gasteiger partial charge in [0.05, 0.1) is 10.7 Å². The molecule has 0 heterocycles. The third kappa shape index (κ3) is 4.04. The van der Waals surface area contributed by atoms with Gasteiger partial charge in [0, 0.05) is 31.4 Å². The smallest absolute Gasteiger partial charge is 0.0642 e. The number of nitrogens with one attached hydrogen (secondary N) is 1. The molecule has 1 aliphatic rings. The molecular weight excluding hydrogens is 276 g/mol. The van der Waals surface area contributed by atoms with Gasteiger partial charge in [-0.3, -0.25) is 0 Å². The average Bonchev–Trinajstić information content (AvgIpc) is 3.20. The lowest BCUT2D eigenvalue weighted by Crippen LogP contribution is -2.32. The molecule has 0 amide bonds. The maximum atomic E-state index is 6.42. The second kappa shape index (κ2) is 6.87. The highest BCUT2D eigenvalue weighted by molar-refractivity contribution is 7.98. The Hall–Kier alpha value is -0.380. The van der Waals surface area contributed by atoms with Gasteiger partial charge >= 0.3 is 0 Å². The Bertz CT molecular complexity index is 421. The number of hydrogen-bond acceptors (Lipinski definition) is 3. The zero-order chi connectivity index (χ0) is 13.8. The van der Waals surface area contributed by atoms with Crippen LogP contribution in [-0.4, -0.2) is 31.1 Å². The Morgan fingerprint density at radius 3 is 2.84 bits per heavy atom. The van der Waals surface area contributed by atoms with E-state index in [1.807, 2.05) is 23.9 Å². The van der Waals surface area contributed by atoms with Crippen molar-refractivity contribution in [1.82, 2.24) is 5.32 Å². The first kappa shape index (κ1) is 15.0. The molecule has 1 aliphatic carbocycles. The van der Waals surface area contributed by atoms with Crippen molar-refractivity contribution in [2.75, 3.05) is 24.0 Å². The van der Waals surface area contributed by atoms with E-state index in [0.717, 1.165) is 23.4 Å². The van der Waals surface area contributed by atoms with Gasteiger partial charge in [-0.25, -0.2) is 0 Å². The molecule has 1 unspecified atom stereocenters. The molecule has 1 atom stereocenters. The molecule has 1 aromatic rings. The first-order valence-corrected chi connectivity index (χ1v) is 8.63. The minimum Gasteiger partial charge on any atom is -0.370 e. The molecule has 1 aromatic carbocycles. The van der Waals surface area contributed by atoms with Crippen molar-refractivity contribution in [3.05, 3.63) is 28.8 Å². The first-order valence-electron chi connectivity index (χ1n) is 6.86. The van der Waals surface area contributed by atoms with Gasteiger partial charge in [-0.05, 0) is 37.7 Å². The minimum absolute atomic E-state index is 0.481. The van der Waals surface area contributed by atoms with E-state index < -0.39 is 0 Å². The Kier molecular flexibility index (Phi) is 5.43. The van der Waals surface area contributed by atoms with Crippen molar-refractivity contribution in [1.29, 1.82) is 0 Å². The van der Waals surface area contributed by atoms with Crippen LogP contribution < -0.4 is 10.2 Å². The molecule has 1 saturated carbocycles. The molecule has 0 saturated heterocycles. The van der Waals surface area contributed by atoms with Gasteiger partial charge in [0.2, 0.25) is 0 Å². The van der Waals surface area contributed by atoms with E-state index in [4.69, 9.17) is 11.6 Å². The lowest BCUT2D eigenvalue weighted by Gasteiger charge is -2.29. The highest BCUT2D eigenvalue weighted by atomic mass is 35.5. The number of rotatable bonds is 7. The lowest BCUT2D eigenvalue weighted by atomic mass is 10.1. The summed E-state index contributed by atoms with van der Waals surface area (Å²) in [6.07, 6.45) is 4.77.